The minimum atomic E-state index is -2.64. The van der Waals surface area contributed by atoms with E-state index in [9.17, 15) is 8.78 Å². The summed E-state index contributed by atoms with van der Waals surface area (Å²) in [6.07, 6.45) is 2.38. The van der Waals surface area contributed by atoms with Gasteiger partial charge in [0.2, 0.25) is 0 Å². The summed E-state index contributed by atoms with van der Waals surface area (Å²) in [5.41, 5.74) is 0.778. The largest absolute Gasteiger partial charge is 0.372 e. The molecule has 1 N–H and O–H groups in total. The van der Waals surface area contributed by atoms with E-state index in [4.69, 9.17) is 9.84 Å². The Morgan fingerprint density at radius 3 is 2.74 bits per heavy atom. The predicted octanol–water partition coefficient (Wildman–Crippen LogP) is 4.21. The highest BCUT2D eigenvalue weighted by Crippen LogP contribution is 2.33. The van der Waals surface area contributed by atoms with E-state index >= 15 is 0 Å². The molecule has 1 aliphatic heterocycles. The zero-order valence-electron chi connectivity index (χ0n) is 15.5. The summed E-state index contributed by atoms with van der Waals surface area (Å²) in [5, 5.41) is 11.9. The molecule has 0 radical (unpaired) electrons. The van der Waals surface area contributed by atoms with E-state index in [1.54, 1.807) is 6.20 Å². The first-order valence-electron chi connectivity index (χ1n) is 8.94. The molecule has 0 amide bonds. The van der Waals surface area contributed by atoms with E-state index in [1.807, 2.05) is 31.5 Å². The number of fused-ring (bicyclic) bond motifs is 1. The van der Waals surface area contributed by atoms with E-state index in [2.05, 4.69) is 15.4 Å². The Bertz CT molecular complexity index is 953. The van der Waals surface area contributed by atoms with Crippen molar-refractivity contribution < 1.29 is 13.5 Å². The van der Waals surface area contributed by atoms with Crippen molar-refractivity contribution in [2.24, 2.45) is 0 Å². The Labute approximate surface area is 155 Å². The van der Waals surface area contributed by atoms with Crippen LogP contribution >= 0.6 is 0 Å². The SMILES string of the molecule is CC(C)(C)n1nc([C@H]2CCCO2)cc1Nc1nccn2nc(C(F)F)cc12. The summed E-state index contributed by atoms with van der Waals surface area (Å²) in [4.78, 5) is 4.32. The van der Waals surface area contributed by atoms with Crippen molar-refractivity contribution in [3.05, 3.63) is 35.9 Å². The summed E-state index contributed by atoms with van der Waals surface area (Å²) in [5.74, 6) is 1.18. The maximum Gasteiger partial charge on any atom is 0.282 e. The maximum absolute atomic E-state index is 13.0. The van der Waals surface area contributed by atoms with Crippen LogP contribution in [0.3, 0.4) is 0 Å². The smallest absolute Gasteiger partial charge is 0.282 e. The Morgan fingerprint density at radius 1 is 1.26 bits per heavy atom. The van der Waals surface area contributed by atoms with Gasteiger partial charge < -0.3 is 10.1 Å². The molecule has 144 valence electrons. The highest BCUT2D eigenvalue weighted by Gasteiger charge is 2.26. The van der Waals surface area contributed by atoms with Gasteiger partial charge in [0.05, 0.1) is 11.2 Å². The first-order valence-corrected chi connectivity index (χ1v) is 8.94. The first-order chi connectivity index (χ1) is 12.8. The molecule has 1 aliphatic rings. The zero-order chi connectivity index (χ0) is 19.2. The van der Waals surface area contributed by atoms with Gasteiger partial charge in [-0.2, -0.15) is 10.2 Å². The topological polar surface area (TPSA) is 69.3 Å². The number of anilines is 2. The molecule has 0 aromatic carbocycles. The van der Waals surface area contributed by atoms with Gasteiger partial charge in [0.25, 0.3) is 6.43 Å². The van der Waals surface area contributed by atoms with Crippen LogP contribution in [0.4, 0.5) is 20.4 Å². The van der Waals surface area contributed by atoms with Crippen LogP contribution in [0.25, 0.3) is 5.52 Å². The molecule has 27 heavy (non-hydrogen) atoms. The standard InChI is InChI=1S/C18H22F2N6O/c1-18(2,3)26-15(10-11(24-26)14-5-4-8-27-14)22-17-13-9-12(16(19)20)23-25(13)7-6-21-17/h6-7,9-10,14,16H,4-5,8H2,1-3H3,(H,21,22)/t14-/m1/s1. The van der Waals surface area contributed by atoms with Gasteiger partial charge in [-0.25, -0.2) is 23.0 Å². The van der Waals surface area contributed by atoms with E-state index in [0.717, 1.165) is 31.0 Å². The molecule has 1 atom stereocenters. The van der Waals surface area contributed by atoms with Gasteiger partial charge in [0.1, 0.15) is 23.1 Å². The number of alkyl halides is 2. The third-order valence-electron chi connectivity index (χ3n) is 4.50. The molecule has 3 aromatic rings. The molecule has 4 heterocycles. The van der Waals surface area contributed by atoms with Gasteiger partial charge >= 0.3 is 0 Å². The number of hydrogen-bond acceptors (Lipinski definition) is 5. The van der Waals surface area contributed by atoms with Crippen molar-refractivity contribution in [2.45, 2.75) is 51.7 Å². The van der Waals surface area contributed by atoms with E-state index in [0.29, 0.717) is 11.3 Å². The second-order valence-corrected chi connectivity index (χ2v) is 7.64. The summed E-state index contributed by atoms with van der Waals surface area (Å²) in [6.45, 7) is 6.88. The van der Waals surface area contributed by atoms with Crippen molar-refractivity contribution in [1.82, 2.24) is 24.4 Å². The summed E-state index contributed by atoms with van der Waals surface area (Å²) < 4.78 is 35.1. The fraction of sp³-hybridized carbons (Fsp3) is 0.500. The molecular formula is C18H22F2N6O. The minimum Gasteiger partial charge on any atom is -0.372 e. The first kappa shape index (κ1) is 17.8. The number of rotatable bonds is 4. The summed E-state index contributed by atoms with van der Waals surface area (Å²) in [7, 11) is 0. The number of nitrogens with zero attached hydrogens (tertiary/aromatic N) is 5. The van der Waals surface area contributed by atoms with Crippen LogP contribution in [0.1, 0.15) is 57.5 Å². The quantitative estimate of drug-likeness (QED) is 0.739. The number of nitrogens with one attached hydrogen (secondary N) is 1. The highest BCUT2D eigenvalue weighted by molar-refractivity contribution is 5.72. The van der Waals surface area contributed by atoms with Crippen molar-refractivity contribution in [3.8, 4) is 0 Å². The van der Waals surface area contributed by atoms with Crippen LogP contribution in [0.2, 0.25) is 0 Å². The zero-order valence-corrected chi connectivity index (χ0v) is 15.5. The predicted molar refractivity (Wildman–Crippen MR) is 96.4 cm³/mol. The molecule has 1 saturated heterocycles. The second kappa shape index (κ2) is 6.56. The average molecular weight is 376 g/mol. The molecule has 0 bridgehead atoms. The molecule has 7 nitrogen and oxygen atoms in total. The fourth-order valence-electron chi connectivity index (χ4n) is 3.23. The summed E-state index contributed by atoms with van der Waals surface area (Å²) in [6, 6.07) is 3.29. The monoisotopic (exact) mass is 376 g/mol. The number of ether oxygens (including phenoxy) is 1. The lowest BCUT2D eigenvalue weighted by Crippen LogP contribution is -2.25. The third-order valence-corrected chi connectivity index (χ3v) is 4.50. The molecule has 0 unspecified atom stereocenters. The number of hydrogen-bond donors (Lipinski definition) is 1. The van der Waals surface area contributed by atoms with Crippen molar-refractivity contribution in [2.75, 3.05) is 11.9 Å². The van der Waals surface area contributed by atoms with Gasteiger partial charge in [-0.05, 0) is 39.7 Å². The van der Waals surface area contributed by atoms with Crippen molar-refractivity contribution in [1.29, 1.82) is 0 Å². The van der Waals surface area contributed by atoms with Crippen LogP contribution < -0.4 is 5.32 Å². The molecule has 1 fully saturated rings. The molecule has 3 aromatic heterocycles. The van der Waals surface area contributed by atoms with Gasteiger partial charge in [-0.15, -0.1) is 0 Å². The third kappa shape index (κ3) is 3.39. The average Bonchev–Trinajstić information content (AvgIpc) is 3.33. The minimum absolute atomic E-state index is 0.0155. The Hall–Kier alpha value is -2.55. The normalized spacial score (nSPS) is 17.9. The van der Waals surface area contributed by atoms with E-state index in [1.165, 1.54) is 16.8 Å². The van der Waals surface area contributed by atoms with Crippen LogP contribution in [0.5, 0.6) is 0 Å². The molecule has 0 saturated carbocycles. The molecular weight excluding hydrogens is 354 g/mol. The lowest BCUT2D eigenvalue weighted by Gasteiger charge is -2.22. The van der Waals surface area contributed by atoms with Crippen LogP contribution in [0.15, 0.2) is 24.5 Å². The molecule has 0 aliphatic carbocycles. The van der Waals surface area contributed by atoms with Gasteiger partial charge in [-0.3, -0.25) is 0 Å². The van der Waals surface area contributed by atoms with Crippen LogP contribution in [-0.4, -0.2) is 31.0 Å². The Balaban J connectivity index is 1.74. The lowest BCUT2D eigenvalue weighted by molar-refractivity contribution is 0.107. The summed E-state index contributed by atoms with van der Waals surface area (Å²) >= 11 is 0. The molecule has 4 rings (SSSR count). The van der Waals surface area contributed by atoms with Crippen LogP contribution in [0, 0.1) is 0 Å². The number of halogens is 2. The fourth-order valence-corrected chi connectivity index (χ4v) is 3.23. The maximum atomic E-state index is 13.0. The van der Waals surface area contributed by atoms with Crippen LogP contribution in [-0.2, 0) is 10.3 Å². The molecule has 9 heteroatoms. The van der Waals surface area contributed by atoms with Gasteiger partial charge in [0, 0.05) is 25.1 Å². The Morgan fingerprint density at radius 2 is 2.07 bits per heavy atom. The van der Waals surface area contributed by atoms with Crippen molar-refractivity contribution in [3.63, 3.8) is 0 Å². The van der Waals surface area contributed by atoms with Crippen molar-refractivity contribution >= 4 is 17.2 Å². The van der Waals surface area contributed by atoms with Gasteiger partial charge in [0.15, 0.2) is 5.82 Å². The lowest BCUT2D eigenvalue weighted by atomic mass is 10.1. The van der Waals surface area contributed by atoms with E-state index in [-0.39, 0.29) is 17.3 Å². The molecule has 0 spiro atoms. The number of aromatic nitrogens is 5. The second-order valence-electron chi connectivity index (χ2n) is 7.64. The Kier molecular flexibility index (Phi) is 4.33. The highest BCUT2D eigenvalue weighted by atomic mass is 19.3. The van der Waals surface area contributed by atoms with E-state index < -0.39 is 6.43 Å². The van der Waals surface area contributed by atoms with Gasteiger partial charge in [-0.1, -0.05) is 0 Å².